The number of amides is 2. The molecule has 1 aromatic carbocycles. The maximum absolute atomic E-state index is 13.2. The molecule has 1 aliphatic heterocycles. The number of thiophene rings is 1. The summed E-state index contributed by atoms with van der Waals surface area (Å²) in [4.78, 5) is 19.5. The monoisotopic (exact) mass is 372 g/mol. The summed E-state index contributed by atoms with van der Waals surface area (Å²) in [5.74, 6) is 0.904. The molecule has 0 aliphatic carbocycles. The van der Waals surface area contributed by atoms with Gasteiger partial charge in [0.15, 0.2) is 5.82 Å². The second-order valence-electron chi connectivity index (χ2n) is 6.16. The van der Waals surface area contributed by atoms with Crippen LogP contribution in [0.1, 0.15) is 23.7 Å². The van der Waals surface area contributed by atoms with Crippen LogP contribution in [0.15, 0.2) is 46.3 Å². The zero-order valence-corrected chi connectivity index (χ0v) is 14.7. The first-order valence-corrected chi connectivity index (χ1v) is 9.22. The molecule has 26 heavy (non-hydrogen) atoms. The van der Waals surface area contributed by atoms with Gasteiger partial charge in [0.2, 0.25) is 0 Å². The largest absolute Gasteiger partial charge is 0.334 e. The molecule has 1 atom stereocenters. The minimum absolute atomic E-state index is 0.0624. The second-order valence-corrected chi connectivity index (χ2v) is 7.10. The van der Waals surface area contributed by atoms with Crippen LogP contribution in [-0.4, -0.2) is 34.2 Å². The van der Waals surface area contributed by atoms with Crippen LogP contribution in [0.5, 0.6) is 0 Å². The topological polar surface area (TPSA) is 71.3 Å². The van der Waals surface area contributed by atoms with Crippen molar-refractivity contribution in [1.82, 2.24) is 20.4 Å². The van der Waals surface area contributed by atoms with Gasteiger partial charge in [-0.15, -0.1) is 11.3 Å². The molecule has 0 unspecified atom stereocenters. The van der Waals surface area contributed by atoms with E-state index in [1.807, 2.05) is 17.5 Å². The Morgan fingerprint density at radius 3 is 3.12 bits per heavy atom. The summed E-state index contributed by atoms with van der Waals surface area (Å²) in [6.45, 7) is 1.46. The fraction of sp³-hybridized carbons (Fsp3) is 0.278. The molecule has 0 radical (unpaired) electrons. The lowest BCUT2D eigenvalue weighted by Gasteiger charge is -2.16. The zero-order chi connectivity index (χ0) is 17.9. The number of urea groups is 1. The highest BCUT2D eigenvalue weighted by molar-refractivity contribution is 7.13. The van der Waals surface area contributed by atoms with Crippen molar-refractivity contribution in [2.45, 2.75) is 18.9 Å². The second kappa shape index (κ2) is 7.25. The normalized spacial score (nSPS) is 16.8. The molecule has 2 aromatic heterocycles. The summed E-state index contributed by atoms with van der Waals surface area (Å²) in [7, 11) is 0. The molecule has 3 heterocycles. The van der Waals surface area contributed by atoms with Crippen LogP contribution in [0.2, 0.25) is 0 Å². The Kier molecular flexibility index (Phi) is 4.66. The Bertz CT molecular complexity index is 896. The SMILES string of the molecule is O=C(NCc1cccc(F)c1)N1CC[C@@H](c2noc(-c3cccs3)n2)C1. The summed E-state index contributed by atoms with van der Waals surface area (Å²) in [6, 6.07) is 9.90. The molecule has 0 spiro atoms. The molecule has 8 heteroatoms. The quantitative estimate of drug-likeness (QED) is 0.759. The van der Waals surface area contributed by atoms with E-state index in [9.17, 15) is 9.18 Å². The Hall–Kier alpha value is -2.74. The fourth-order valence-electron chi connectivity index (χ4n) is 2.99. The van der Waals surface area contributed by atoms with Crippen LogP contribution in [0.4, 0.5) is 9.18 Å². The Morgan fingerprint density at radius 2 is 2.31 bits per heavy atom. The molecule has 0 saturated carbocycles. The predicted octanol–water partition coefficient (Wildman–Crippen LogP) is 3.64. The third-order valence-electron chi connectivity index (χ3n) is 4.35. The minimum Gasteiger partial charge on any atom is -0.334 e. The van der Waals surface area contributed by atoms with Crippen LogP contribution >= 0.6 is 11.3 Å². The third kappa shape index (κ3) is 3.60. The fourth-order valence-corrected chi connectivity index (χ4v) is 3.64. The Balaban J connectivity index is 1.34. The van der Waals surface area contributed by atoms with E-state index in [-0.39, 0.29) is 17.8 Å². The highest BCUT2D eigenvalue weighted by atomic mass is 32.1. The Labute approximate surface area is 153 Å². The number of hydrogen-bond donors (Lipinski definition) is 1. The molecular formula is C18H17FN4O2S. The van der Waals surface area contributed by atoms with Gasteiger partial charge in [0.1, 0.15) is 5.82 Å². The number of carbonyl (C=O) groups is 1. The van der Waals surface area contributed by atoms with Crippen molar-refractivity contribution in [1.29, 1.82) is 0 Å². The van der Waals surface area contributed by atoms with E-state index in [1.54, 1.807) is 28.4 Å². The van der Waals surface area contributed by atoms with Gasteiger partial charge in [-0.1, -0.05) is 23.4 Å². The van der Waals surface area contributed by atoms with Crippen molar-refractivity contribution in [3.05, 3.63) is 59.0 Å². The lowest BCUT2D eigenvalue weighted by molar-refractivity contribution is 0.207. The number of benzene rings is 1. The van der Waals surface area contributed by atoms with Gasteiger partial charge in [-0.05, 0) is 35.6 Å². The zero-order valence-electron chi connectivity index (χ0n) is 13.9. The van der Waals surface area contributed by atoms with Crippen molar-refractivity contribution in [3.63, 3.8) is 0 Å². The first-order valence-electron chi connectivity index (χ1n) is 8.34. The molecule has 6 nitrogen and oxygen atoms in total. The molecule has 2 amide bonds. The summed E-state index contributed by atoms with van der Waals surface area (Å²) >= 11 is 1.55. The number of likely N-dealkylation sites (tertiary alicyclic amines) is 1. The Morgan fingerprint density at radius 1 is 1.38 bits per heavy atom. The standard InChI is InChI=1S/C18H17FN4O2S/c19-14-4-1-3-12(9-14)10-20-18(24)23-7-6-13(11-23)16-21-17(25-22-16)15-5-2-8-26-15/h1-5,8-9,13H,6-7,10-11H2,(H,20,24)/t13-/m1/s1. The average molecular weight is 372 g/mol. The molecule has 4 rings (SSSR count). The molecule has 1 saturated heterocycles. The van der Waals surface area contributed by atoms with Gasteiger partial charge in [0, 0.05) is 25.6 Å². The van der Waals surface area contributed by atoms with E-state index < -0.39 is 0 Å². The summed E-state index contributed by atoms with van der Waals surface area (Å²) in [5, 5.41) is 8.85. The maximum Gasteiger partial charge on any atom is 0.317 e. The number of nitrogens with one attached hydrogen (secondary N) is 1. The van der Waals surface area contributed by atoms with Gasteiger partial charge in [-0.25, -0.2) is 9.18 Å². The highest BCUT2D eigenvalue weighted by Crippen LogP contribution is 2.28. The summed E-state index contributed by atoms with van der Waals surface area (Å²) < 4.78 is 18.5. The van der Waals surface area contributed by atoms with Crippen molar-refractivity contribution in [2.24, 2.45) is 0 Å². The molecule has 1 fully saturated rings. The number of rotatable bonds is 4. The predicted molar refractivity (Wildman–Crippen MR) is 95.2 cm³/mol. The van der Waals surface area contributed by atoms with Crippen LogP contribution in [0.25, 0.3) is 10.8 Å². The van der Waals surface area contributed by atoms with Crippen LogP contribution in [-0.2, 0) is 6.54 Å². The van der Waals surface area contributed by atoms with E-state index in [0.717, 1.165) is 16.9 Å². The van der Waals surface area contributed by atoms with E-state index in [1.165, 1.54) is 12.1 Å². The van der Waals surface area contributed by atoms with E-state index >= 15 is 0 Å². The van der Waals surface area contributed by atoms with Crippen LogP contribution in [0, 0.1) is 5.82 Å². The summed E-state index contributed by atoms with van der Waals surface area (Å²) in [6.07, 6.45) is 0.788. The molecule has 0 bridgehead atoms. The van der Waals surface area contributed by atoms with E-state index in [0.29, 0.717) is 31.3 Å². The van der Waals surface area contributed by atoms with Gasteiger partial charge in [-0.2, -0.15) is 4.98 Å². The number of hydrogen-bond acceptors (Lipinski definition) is 5. The number of aromatic nitrogens is 2. The average Bonchev–Trinajstić information content (AvgIpc) is 3.40. The van der Waals surface area contributed by atoms with Gasteiger partial charge in [-0.3, -0.25) is 0 Å². The van der Waals surface area contributed by atoms with E-state index in [4.69, 9.17) is 4.52 Å². The van der Waals surface area contributed by atoms with Crippen molar-refractivity contribution < 1.29 is 13.7 Å². The highest BCUT2D eigenvalue weighted by Gasteiger charge is 2.30. The number of carbonyl (C=O) groups excluding carboxylic acids is 1. The molecule has 3 aromatic rings. The molecule has 134 valence electrons. The van der Waals surface area contributed by atoms with Gasteiger partial charge >= 0.3 is 6.03 Å². The summed E-state index contributed by atoms with van der Waals surface area (Å²) in [5.41, 5.74) is 0.729. The third-order valence-corrected chi connectivity index (χ3v) is 5.20. The van der Waals surface area contributed by atoms with Crippen molar-refractivity contribution in [3.8, 4) is 10.8 Å². The van der Waals surface area contributed by atoms with Crippen LogP contribution < -0.4 is 5.32 Å². The van der Waals surface area contributed by atoms with Crippen molar-refractivity contribution >= 4 is 17.4 Å². The van der Waals surface area contributed by atoms with E-state index in [2.05, 4.69) is 15.5 Å². The maximum atomic E-state index is 13.2. The van der Waals surface area contributed by atoms with Gasteiger partial charge in [0.25, 0.3) is 5.89 Å². The van der Waals surface area contributed by atoms with Crippen LogP contribution in [0.3, 0.4) is 0 Å². The molecule has 1 aliphatic rings. The smallest absolute Gasteiger partial charge is 0.317 e. The first-order chi connectivity index (χ1) is 12.7. The molecule has 1 N–H and O–H groups in total. The minimum atomic E-state index is -0.309. The molecular weight excluding hydrogens is 355 g/mol. The number of halogens is 1. The lowest BCUT2D eigenvalue weighted by Crippen LogP contribution is -2.38. The van der Waals surface area contributed by atoms with Gasteiger partial charge in [0.05, 0.1) is 4.88 Å². The number of nitrogens with zero attached hydrogens (tertiary/aromatic N) is 3. The lowest BCUT2D eigenvalue weighted by atomic mass is 10.1. The van der Waals surface area contributed by atoms with Gasteiger partial charge < -0.3 is 14.7 Å². The van der Waals surface area contributed by atoms with Crippen molar-refractivity contribution in [2.75, 3.05) is 13.1 Å². The first kappa shape index (κ1) is 16.7.